The minimum Gasteiger partial charge on any atom is -0.462 e. The van der Waals surface area contributed by atoms with E-state index in [-0.39, 0.29) is 42.6 Å². The van der Waals surface area contributed by atoms with Crippen molar-refractivity contribution in [3.8, 4) is 0 Å². The van der Waals surface area contributed by atoms with Crippen LogP contribution in [0.4, 0.5) is 0 Å². The molecule has 10 unspecified atom stereocenters. The van der Waals surface area contributed by atoms with Crippen LogP contribution in [0.1, 0.15) is 76.7 Å². The summed E-state index contributed by atoms with van der Waals surface area (Å²) in [6.45, 7) is 8.22. The van der Waals surface area contributed by atoms with Gasteiger partial charge in [-0.2, -0.15) is 0 Å². The van der Waals surface area contributed by atoms with Crippen molar-refractivity contribution in [1.29, 1.82) is 0 Å². The second-order valence-electron chi connectivity index (χ2n) is 13.9. The lowest BCUT2D eigenvalue weighted by atomic mass is 9.70. The van der Waals surface area contributed by atoms with Gasteiger partial charge in [0.15, 0.2) is 5.79 Å². The zero-order valence-corrected chi connectivity index (χ0v) is 27.1. The van der Waals surface area contributed by atoms with E-state index in [1.165, 1.54) is 11.6 Å². The molecule has 3 fully saturated rings. The minimum atomic E-state index is -1.86. The molecule has 4 aliphatic heterocycles. The van der Waals surface area contributed by atoms with Crippen LogP contribution in [0, 0.1) is 17.8 Å². The van der Waals surface area contributed by atoms with E-state index in [1.807, 2.05) is 6.08 Å². The van der Waals surface area contributed by atoms with E-state index >= 15 is 0 Å². The van der Waals surface area contributed by atoms with Crippen molar-refractivity contribution < 1.29 is 43.5 Å². The van der Waals surface area contributed by atoms with Crippen molar-refractivity contribution in [3.05, 3.63) is 71.1 Å². The molecule has 5 aliphatic rings. The normalized spacial score (nSPS) is 42.9. The SMILES string of the molecule is C/C1=C\CC2CC(CC3(CCC(C)C(C)O3)O2)OC(=O)C2C=C(COC(=O)c3ccc[nH]3)C(O)C3OC/C(=C\C=C\C(C)C1)C23O. The highest BCUT2D eigenvalue weighted by Crippen LogP contribution is 2.47. The van der Waals surface area contributed by atoms with E-state index < -0.39 is 47.6 Å². The lowest BCUT2D eigenvalue weighted by molar-refractivity contribution is -0.332. The Morgan fingerprint density at radius 3 is 2.78 bits per heavy atom. The van der Waals surface area contributed by atoms with Gasteiger partial charge < -0.3 is 38.9 Å². The number of aliphatic hydroxyl groups is 2. The molecular formula is C36H47NO9. The molecule has 10 nitrogen and oxygen atoms in total. The first-order valence-electron chi connectivity index (χ1n) is 16.6. The van der Waals surface area contributed by atoms with Gasteiger partial charge in [-0.25, -0.2) is 4.79 Å². The fraction of sp³-hybridized carbons (Fsp3) is 0.611. The fourth-order valence-electron chi connectivity index (χ4n) is 7.58. The molecule has 1 aromatic rings. The van der Waals surface area contributed by atoms with Crippen molar-refractivity contribution in [2.45, 2.75) is 108 Å². The monoisotopic (exact) mass is 637 g/mol. The molecule has 1 aliphatic carbocycles. The van der Waals surface area contributed by atoms with Gasteiger partial charge in [-0.1, -0.05) is 49.8 Å². The average molecular weight is 638 g/mol. The molecule has 0 aromatic carbocycles. The van der Waals surface area contributed by atoms with E-state index in [9.17, 15) is 19.8 Å². The summed E-state index contributed by atoms with van der Waals surface area (Å²) in [5.74, 6) is -2.70. The maximum atomic E-state index is 14.2. The summed E-state index contributed by atoms with van der Waals surface area (Å²) in [6.07, 6.45) is 11.9. The number of carbonyl (C=O) groups excluding carboxylic acids is 2. The third-order valence-corrected chi connectivity index (χ3v) is 10.4. The van der Waals surface area contributed by atoms with Crippen molar-refractivity contribution >= 4 is 11.9 Å². The predicted molar refractivity (Wildman–Crippen MR) is 168 cm³/mol. The molecule has 10 atom stereocenters. The number of fused-ring (bicyclic) bond motifs is 2. The second kappa shape index (κ2) is 13.2. The number of aromatic nitrogens is 1. The molecule has 5 heterocycles. The highest BCUT2D eigenvalue weighted by atomic mass is 16.7. The Kier molecular flexibility index (Phi) is 9.47. The number of carbonyl (C=O) groups is 2. The number of hydrogen-bond donors (Lipinski definition) is 3. The van der Waals surface area contributed by atoms with Crippen molar-refractivity contribution in [2.24, 2.45) is 17.8 Å². The molecule has 1 aromatic heterocycles. The molecule has 2 bridgehead atoms. The molecule has 250 valence electrons. The largest absolute Gasteiger partial charge is 0.462 e. The predicted octanol–water partition coefficient (Wildman–Crippen LogP) is 4.70. The van der Waals surface area contributed by atoms with Crippen LogP contribution in [0.2, 0.25) is 0 Å². The molecule has 0 radical (unpaired) electrons. The average Bonchev–Trinajstić information content (AvgIpc) is 3.66. The van der Waals surface area contributed by atoms with Gasteiger partial charge in [0.25, 0.3) is 0 Å². The molecule has 46 heavy (non-hydrogen) atoms. The van der Waals surface area contributed by atoms with Gasteiger partial charge in [0.2, 0.25) is 0 Å². The number of aliphatic hydroxyl groups excluding tert-OH is 1. The fourth-order valence-corrected chi connectivity index (χ4v) is 7.58. The van der Waals surface area contributed by atoms with Crippen LogP contribution in [0.3, 0.4) is 0 Å². The Hall–Kier alpha value is -3.02. The van der Waals surface area contributed by atoms with Gasteiger partial charge in [0.1, 0.15) is 42.1 Å². The summed E-state index contributed by atoms with van der Waals surface area (Å²) in [5.41, 5.74) is 0.374. The van der Waals surface area contributed by atoms with Gasteiger partial charge in [0.05, 0.1) is 18.8 Å². The lowest BCUT2D eigenvalue weighted by Gasteiger charge is -2.49. The summed E-state index contributed by atoms with van der Waals surface area (Å²) in [5, 5.41) is 23.7. The van der Waals surface area contributed by atoms with Crippen LogP contribution < -0.4 is 0 Å². The van der Waals surface area contributed by atoms with E-state index in [1.54, 1.807) is 24.4 Å². The Bertz CT molecular complexity index is 1410. The Labute approximate surface area is 270 Å². The van der Waals surface area contributed by atoms with Gasteiger partial charge in [0, 0.05) is 25.5 Å². The van der Waals surface area contributed by atoms with Crippen LogP contribution in [0.15, 0.2) is 65.4 Å². The molecule has 0 amide bonds. The van der Waals surface area contributed by atoms with Crippen LogP contribution in [-0.4, -0.2) is 82.3 Å². The van der Waals surface area contributed by atoms with Crippen molar-refractivity contribution in [3.63, 3.8) is 0 Å². The quantitative estimate of drug-likeness (QED) is 0.318. The summed E-state index contributed by atoms with van der Waals surface area (Å²) in [6, 6.07) is 3.26. The van der Waals surface area contributed by atoms with E-state index in [0.717, 1.165) is 12.8 Å². The molecule has 0 saturated carbocycles. The topological polar surface area (TPSA) is 137 Å². The smallest absolute Gasteiger partial charge is 0.355 e. The number of esters is 2. The first kappa shape index (κ1) is 32.9. The molecule has 3 N–H and O–H groups in total. The van der Waals surface area contributed by atoms with Crippen LogP contribution in [0.5, 0.6) is 0 Å². The van der Waals surface area contributed by atoms with Crippen molar-refractivity contribution in [1.82, 2.24) is 4.98 Å². The van der Waals surface area contributed by atoms with E-state index in [0.29, 0.717) is 37.2 Å². The van der Waals surface area contributed by atoms with E-state index in [2.05, 4.69) is 44.8 Å². The van der Waals surface area contributed by atoms with Crippen LogP contribution >= 0.6 is 0 Å². The third-order valence-electron chi connectivity index (χ3n) is 10.4. The zero-order chi connectivity index (χ0) is 32.6. The van der Waals surface area contributed by atoms with Gasteiger partial charge in [-0.3, -0.25) is 4.79 Å². The molecule has 3 saturated heterocycles. The first-order chi connectivity index (χ1) is 22.0. The summed E-state index contributed by atoms with van der Waals surface area (Å²) < 4.78 is 30.9. The maximum Gasteiger partial charge on any atom is 0.355 e. The summed E-state index contributed by atoms with van der Waals surface area (Å²) in [4.78, 5) is 29.6. The Morgan fingerprint density at radius 2 is 2.02 bits per heavy atom. The molecule has 1 spiro atoms. The number of hydrogen-bond acceptors (Lipinski definition) is 9. The minimum absolute atomic E-state index is 0.00422. The third kappa shape index (κ3) is 6.55. The lowest BCUT2D eigenvalue weighted by Crippen LogP contribution is -2.58. The number of ether oxygens (including phenoxy) is 5. The highest BCUT2D eigenvalue weighted by molar-refractivity contribution is 5.87. The number of aromatic amines is 1. The van der Waals surface area contributed by atoms with Crippen LogP contribution in [0.25, 0.3) is 0 Å². The second-order valence-corrected chi connectivity index (χ2v) is 13.9. The number of nitrogens with one attached hydrogen (secondary N) is 1. The number of allylic oxidation sites excluding steroid dienone is 4. The number of H-pyrrole nitrogens is 1. The summed E-state index contributed by atoms with van der Waals surface area (Å²) in [7, 11) is 0. The van der Waals surface area contributed by atoms with Gasteiger partial charge in [-0.15, -0.1) is 0 Å². The standard InChI is InChI=1S/C36H47NO9/c1-21-7-5-8-26-20-42-32-31(38)25(19-43-34(40)30-9-6-14-37-30)16-29(36(26,32)41)33(39)44-28-17-27(11-10-22(2)15-21)46-35(18-28)13-12-23(3)24(4)45-35/h5-10,14,16,21,23-24,27-29,31-32,37-38,41H,11-13,15,17-20H2,1-4H3/b7-5+,22-10+,26-8+. The van der Waals surface area contributed by atoms with Gasteiger partial charge >= 0.3 is 11.9 Å². The maximum absolute atomic E-state index is 14.2. The van der Waals surface area contributed by atoms with Crippen LogP contribution in [-0.2, 0) is 28.5 Å². The zero-order valence-electron chi connectivity index (χ0n) is 27.1. The molecule has 6 rings (SSSR count). The Morgan fingerprint density at radius 1 is 1.20 bits per heavy atom. The highest BCUT2D eigenvalue weighted by Gasteiger charge is 2.60. The summed E-state index contributed by atoms with van der Waals surface area (Å²) >= 11 is 0. The van der Waals surface area contributed by atoms with Gasteiger partial charge in [-0.05, 0) is 68.2 Å². The first-order valence-corrected chi connectivity index (χ1v) is 16.6. The Balaban J connectivity index is 1.34. The number of rotatable bonds is 3. The molecular weight excluding hydrogens is 590 g/mol. The molecule has 10 heteroatoms. The van der Waals surface area contributed by atoms with E-state index in [4.69, 9.17) is 23.7 Å². The van der Waals surface area contributed by atoms with Crippen molar-refractivity contribution in [2.75, 3.05) is 13.2 Å².